The Morgan fingerprint density at radius 2 is 2.44 bits per heavy atom. The summed E-state index contributed by atoms with van der Waals surface area (Å²) in [5.74, 6) is 0.0153. The van der Waals surface area contributed by atoms with Crippen molar-refractivity contribution < 1.29 is 9.90 Å². The molecule has 1 aromatic rings. The molecule has 0 aliphatic carbocycles. The van der Waals surface area contributed by atoms with E-state index in [-0.39, 0.29) is 18.6 Å². The van der Waals surface area contributed by atoms with Crippen molar-refractivity contribution in [1.29, 1.82) is 0 Å². The maximum atomic E-state index is 12.1. The van der Waals surface area contributed by atoms with E-state index in [1.807, 2.05) is 24.4 Å². The highest BCUT2D eigenvalue weighted by atomic mass is 32.1. The molecule has 2 heterocycles. The fourth-order valence-corrected chi connectivity index (χ4v) is 3.10. The highest BCUT2D eigenvalue weighted by Crippen LogP contribution is 2.19. The Bertz CT molecular complexity index is 439. The van der Waals surface area contributed by atoms with Crippen molar-refractivity contribution in [2.24, 2.45) is 0 Å². The van der Waals surface area contributed by atoms with Crippen molar-refractivity contribution in [2.75, 3.05) is 13.2 Å². The van der Waals surface area contributed by atoms with E-state index in [2.05, 4.69) is 0 Å². The van der Waals surface area contributed by atoms with E-state index in [1.54, 1.807) is 22.3 Å². The lowest BCUT2D eigenvalue weighted by Gasteiger charge is -2.33. The van der Waals surface area contributed by atoms with Crippen LogP contribution in [0.5, 0.6) is 0 Å². The third-order valence-corrected chi connectivity index (χ3v) is 4.38. The molecule has 1 saturated heterocycles. The molecule has 18 heavy (non-hydrogen) atoms. The minimum Gasteiger partial charge on any atom is -0.394 e. The molecule has 1 aliphatic rings. The molecule has 0 saturated carbocycles. The van der Waals surface area contributed by atoms with E-state index in [0.717, 1.165) is 30.7 Å². The van der Waals surface area contributed by atoms with Crippen LogP contribution in [0.2, 0.25) is 0 Å². The second-order valence-electron chi connectivity index (χ2n) is 4.67. The zero-order valence-electron chi connectivity index (χ0n) is 10.6. The minimum atomic E-state index is 0.000308. The van der Waals surface area contributed by atoms with Gasteiger partial charge in [0.05, 0.1) is 12.6 Å². The number of likely N-dealkylation sites (tertiary alicyclic amines) is 1. The number of hydrogen-bond donors (Lipinski definition) is 1. The van der Waals surface area contributed by atoms with Crippen LogP contribution in [-0.2, 0) is 4.79 Å². The Hall–Kier alpha value is -1.13. The smallest absolute Gasteiger partial charge is 0.246 e. The van der Waals surface area contributed by atoms with E-state index < -0.39 is 0 Å². The van der Waals surface area contributed by atoms with Crippen LogP contribution in [0.15, 0.2) is 17.5 Å². The summed E-state index contributed by atoms with van der Waals surface area (Å²) in [6.45, 7) is 2.87. The highest BCUT2D eigenvalue weighted by Gasteiger charge is 2.24. The van der Waals surface area contributed by atoms with Gasteiger partial charge < -0.3 is 10.0 Å². The number of amides is 1. The van der Waals surface area contributed by atoms with E-state index in [4.69, 9.17) is 0 Å². The number of carbonyl (C=O) groups excluding carboxylic acids is 1. The number of thiophene rings is 1. The number of carbonyl (C=O) groups is 1. The predicted octanol–water partition coefficient (Wildman–Crippen LogP) is 2.44. The molecule has 1 unspecified atom stereocenters. The van der Waals surface area contributed by atoms with Gasteiger partial charge in [-0.05, 0) is 49.3 Å². The molecule has 1 fully saturated rings. The summed E-state index contributed by atoms with van der Waals surface area (Å²) in [6, 6.07) is 2.05. The molecule has 4 heteroatoms. The Kier molecular flexibility index (Phi) is 4.55. The SMILES string of the molecule is Cc1ccsc1/C=C/C(=O)N1CCCCC1CO. The Balaban J connectivity index is 2.02. The number of aryl methyl sites for hydroxylation is 1. The van der Waals surface area contributed by atoms with Crippen LogP contribution >= 0.6 is 11.3 Å². The lowest BCUT2D eigenvalue weighted by molar-refractivity contribution is -0.130. The summed E-state index contributed by atoms with van der Waals surface area (Å²) >= 11 is 1.64. The molecule has 1 aliphatic heterocycles. The zero-order chi connectivity index (χ0) is 13.0. The van der Waals surface area contributed by atoms with E-state index >= 15 is 0 Å². The van der Waals surface area contributed by atoms with Crippen LogP contribution in [0.25, 0.3) is 6.08 Å². The molecule has 3 nitrogen and oxygen atoms in total. The molecule has 1 N–H and O–H groups in total. The number of aliphatic hydroxyl groups excluding tert-OH is 1. The molecule has 0 radical (unpaired) electrons. The molecule has 1 atom stereocenters. The van der Waals surface area contributed by atoms with Crippen molar-refractivity contribution in [2.45, 2.75) is 32.2 Å². The maximum Gasteiger partial charge on any atom is 0.246 e. The van der Waals surface area contributed by atoms with Crippen molar-refractivity contribution >= 4 is 23.3 Å². The van der Waals surface area contributed by atoms with Gasteiger partial charge in [-0.25, -0.2) is 0 Å². The molecule has 2 rings (SSSR count). The zero-order valence-corrected chi connectivity index (χ0v) is 11.4. The first-order chi connectivity index (χ1) is 8.72. The van der Waals surface area contributed by atoms with Gasteiger partial charge in [-0.1, -0.05) is 0 Å². The monoisotopic (exact) mass is 265 g/mol. The van der Waals surface area contributed by atoms with Crippen molar-refractivity contribution in [1.82, 2.24) is 4.90 Å². The van der Waals surface area contributed by atoms with E-state index in [0.29, 0.717) is 0 Å². The largest absolute Gasteiger partial charge is 0.394 e. The molecular formula is C14H19NO2S. The third kappa shape index (κ3) is 3.00. The summed E-state index contributed by atoms with van der Waals surface area (Å²) in [7, 11) is 0. The summed E-state index contributed by atoms with van der Waals surface area (Å²) in [5, 5.41) is 11.3. The first-order valence-electron chi connectivity index (χ1n) is 6.36. The number of rotatable bonds is 3. The summed E-state index contributed by atoms with van der Waals surface area (Å²) in [5.41, 5.74) is 1.20. The van der Waals surface area contributed by atoms with Crippen LogP contribution in [0.4, 0.5) is 0 Å². The quantitative estimate of drug-likeness (QED) is 0.853. The number of nitrogens with zero attached hydrogens (tertiary/aromatic N) is 1. The second kappa shape index (κ2) is 6.16. The third-order valence-electron chi connectivity index (χ3n) is 3.40. The van der Waals surface area contributed by atoms with Gasteiger partial charge in [-0.15, -0.1) is 11.3 Å². The van der Waals surface area contributed by atoms with Crippen molar-refractivity contribution in [3.05, 3.63) is 28.0 Å². The van der Waals surface area contributed by atoms with Gasteiger partial charge >= 0.3 is 0 Å². The molecule has 0 spiro atoms. The first-order valence-corrected chi connectivity index (χ1v) is 7.24. The lowest BCUT2D eigenvalue weighted by atomic mass is 10.0. The molecule has 1 aromatic heterocycles. The first kappa shape index (κ1) is 13.3. The second-order valence-corrected chi connectivity index (χ2v) is 5.61. The minimum absolute atomic E-state index is 0.000308. The predicted molar refractivity (Wildman–Crippen MR) is 74.5 cm³/mol. The van der Waals surface area contributed by atoms with Gasteiger partial charge in [0.15, 0.2) is 0 Å². The van der Waals surface area contributed by atoms with Gasteiger partial charge in [0, 0.05) is 17.5 Å². The Labute approximate surface area is 112 Å². The van der Waals surface area contributed by atoms with E-state index in [1.165, 1.54) is 5.56 Å². The van der Waals surface area contributed by atoms with Gasteiger partial charge in [-0.3, -0.25) is 4.79 Å². The number of piperidine rings is 1. The van der Waals surface area contributed by atoms with Crippen LogP contribution < -0.4 is 0 Å². The standard InChI is InChI=1S/C14H19NO2S/c1-11-7-9-18-13(11)5-6-14(17)15-8-3-2-4-12(15)10-16/h5-7,9,12,16H,2-4,8,10H2,1H3/b6-5+. The fourth-order valence-electron chi connectivity index (χ4n) is 2.28. The normalized spacial score (nSPS) is 20.6. The summed E-state index contributed by atoms with van der Waals surface area (Å²) < 4.78 is 0. The average molecular weight is 265 g/mol. The van der Waals surface area contributed by atoms with Crippen LogP contribution in [-0.4, -0.2) is 35.1 Å². The number of aliphatic hydroxyl groups is 1. The summed E-state index contributed by atoms with van der Waals surface area (Å²) in [6.07, 6.45) is 6.56. The van der Waals surface area contributed by atoms with Crippen LogP contribution in [0.3, 0.4) is 0 Å². The van der Waals surface area contributed by atoms with Gasteiger partial charge in [0.1, 0.15) is 0 Å². The van der Waals surface area contributed by atoms with Gasteiger partial charge in [0.2, 0.25) is 5.91 Å². The fraction of sp³-hybridized carbons (Fsp3) is 0.500. The Morgan fingerprint density at radius 3 is 3.11 bits per heavy atom. The van der Waals surface area contributed by atoms with Crippen molar-refractivity contribution in [3.8, 4) is 0 Å². The molecule has 0 aromatic carbocycles. The maximum absolute atomic E-state index is 12.1. The summed E-state index contributed by atoms with van der Waals surface area (Å²) in [4.78, 5) is 15.0. The molecule has 1 amide bonds. The number of hydrogen-bond acceptors (Lipinski definition) is 3. The van der Waals surface area contributed by atoms with Crippen molar-refractivity contribution in [3.63, 3.8) is 0 Å². The van der Waals surface area contributed by atoms with Gasteiger partial charge in [-0.2, -0.15) is 0 Å². The van der Waals surface area contributed by atoms with Crippen LogP contribution in [0.1, 0.15) is 29.7 Å². The molecular weight excluding hydrogens is 246 g/mol. The van der Waals surface area contributed by atoms with Crippen LogP contribution in [0, 0.1) is 6.92 Å². The molecule has 98 valence electrons. The lowest BCUT2D eigenvalue weighted by Crippen LogP contribution is -2.44. The van der Waals surface area contributed by atoms with E-state index in [9.17, 15) is 9.90 Å². The Morgan fingerprint density at radius 1 is 1.61 bits per heavy atom. The van der Waals surface area contributed by atoms with Gasteiger partial charge in [0.25, 0.3) is 0 Å². The molecule has 0 bridgehead atoms. The topological polar surface area (TPSA) is 40.5 Å². The highest BCUT2D eigenvalue weighted by molar-refractivity contribution is 7.11. The average Bonchev–Trinajstić information content (AvgIpc) is 2.81.